The summed E-state index contributed by atoms with van der Waals surface area (Å²) in [5, 5.41) is 2.48. The molecule has 0 atom stereocenters. The zero-order chi connectivity index (χ0) is 27.0. The molecule has 0 saturated carbocycles. The van der Waals surface area contributed by atoms with Crippen molar-refractivity contribution >= 4 is 18.2 Å². The number of amides is 3. The van der Waals surface area contributed by atoms with Crippen molar-refractivity contribution in [3.63, 3.8) is 0 Å². The summed E-state index contributed by atoms with van der Waals surface area (Å²) in [7, 11) is 0. The molecule has 36 heavy (non-hydrogen) atoms. The van der Waals surface area contributed by atoms with Crippen molar-refractivity contribution in [3.05, 3.63) is 102 Å². The quantitative estimate of drug-likeness (QED) is 0.279. The van der Waals surface area contributed by atoms with Crippen molar-refractivity contribution in [2.45, 2.75) is 40.2 Å². The van der Waals surface area contributed by atoms with Crippen LogP contribution in [0.3, 0.4) is 0 Å². The first kappa shape index (κ1) is 31.8. The zero-order valence-corrected chi connectivity index (χ0v) is 21.1. The zero-order valence-electron chi connectivity index (χ0n) is 21.1. The van der Waals surface area contributed by atoms with Gasteiger partial charge in [0.05, 0.1) is 26.0 Å². The number of nitrogens with two attached hydrogens (primary N) is 2. The van der Waals surface area contributed by atoms with Gasteiger partial charge in [0.1, 0.15) is 0 Å². The number of nitrogens with one attached hydrogen (secondary N) is 2. The molecule has 9 nitrogen and oxygen atoms in total. The van der Waals surface area contributed by atoms with Gasteiger partial charge in [0, 0.05) is 18.8 Å². The molecule has 0 spiro atoms. The Morgan fingerprint density at radius 2 is 1.72 bits per heavy atom. The number of aromatic amines is 1. The Morgan fingerprint density at radius 1 is 1.08 bits per heavy atom. The van der Waals surface area contributed by atoms with E-state index in [0.717, 1.165) is 18.7 Å². The first-order chi connectivity index (χ1) is 17.3. The number of carbonyl (C=O) groups is 3. The molecule has 3 rings (SSSR count). The molecule has 0 unspecified atom stereocenters. The van der Waals surface area contributed by atoms with E-state index in [-0.39, 0.29) is 24.6 Å². The van der Waals surface area contributed by atoms with E-state index in [1.807, 2.05) is 25.1 Å². The van der Waals surface area contributed by atoms with Crippen molar-refractivity contribution in [2.75, 3.05) is 6.61 Å². The van der Waals surface area contributed by atoms with Gasteiger partial charge in [-0.2, -0.15) is 0 Å². The Kier molecular flexibility index (Phi) is 18.8. The first-order valence-corrected chi connectivity index (χ1v) is 11.3. The molecular formula is C27H37N5O4. The maximum atomic E-state index is 10.2. The summed E-state index contributed by atoms with van der Waals surface area (Å²) in [4.78, 5) is 35.3. The number of ether oxygens (including phenoxy) is 1. The van der Waals surface area contributed by atoms with Crippen molar-refractivity contribution in [1.82, 2.24) is 15.3 Å². The fraction of sp³-hybridized carbons (Fsp3) is 0.259. The first-order valence-electron chi connectivity index (χ1n) is 11.3. The molecule has 0 bridgehead atoms. The molecule has 0 fully saturated rings. The summed E-state index contributed by atoms with van der Waals surface area (Å²) in [6.07, 6.45) is 7.92. The molecule has 0 aliphatic heterocycles. The molecule has 9 heteroatoms. The van der Waals surface area contributed by atoms with Crippen LogP contribution in [0, 0.1) is 6.92 Å². The summed E-state index contributed by atoms with van der Waals surface area (Å²) in [6.45, 7) is 6.90. The topological polar surface area (TPSA) is 153 Å². The normalized spacial score (nSPS) is 9.42. The van der Waals surface area contributed by atoms with Crippen LogP contribution in [0.5, 0.6) is 0 Å². The largest absolute Gasteiger partial charge is 0.376 e. The third-order valence-corrected chi connectivity index (χ3v) is 4.14. The molecule has 2 aromatic carbocycles. The number of hydrogen-bond donors (Lipinski definition) is 4. The van der Waals surface area contributed by atoms with Crippen LogP contribution in [0.2, 0.25) is 0 Å². The second-order valence-corrected chi connectivity index (χ2v) is 7.33. The summed E-state index contributed by atoms with van der Waals surface area (Å²) in [5.74, 6) is -0.377. The minimum atomic E-state index is -0.348. The fourth-order valence-corrected chi connectivity index (χ4v) is 2.48. The highest BCUT2D eigenvalue weighted by molar-refractivity contribution is 5.75. The van der Waals surface area contributed by atoms with E-state index in [4.69, 9.17) is 15.3 Å². The van der Waals surface area contributed by atoms with E-state index < -0.39 is 0 Å². The van der Waals surface area contributed by atoms with Gasteiger partial charge in [0.15, 0.2) is 0 Å². The van der Waals surface area contributed by atoms with Gasteiger partial charge in [-0.15, -0.1) is 0 Å². The van der Waals surface area contributed by atoms with Crippen molar-refractivity contribution in [3.8, 4) is 0 Å². The summed E-state index contributed by atoms with van der Waals surface area (Å²) in [6, 6.07) is 18.9. The van der Waals surface area contributed by atoms with Crippen LogP contribution >= 0.6 is 0 Å². The number of allylic oxidation sites excluding steroid dienone is 1. The number of aromatic nitrogens is 2. The number of benzene rings is 2. The van der Waals surface area contributed by atoms with Gasteiger partial charge in [-0.1, -0.05) is 66.2 Å². The van der Waals surface area contributed by atoms with Crippen LogP contribution in [0.4, 0.5) is 0 Å². The number of imidazole rings is 1. The third kappa shape index (κ3) is 19.2. The van der Waals surface area contributed by atoms with Gasteiger partial charge >= 0.3 is 0 Å². The summed E-state index contributed by atoms with van der Waals surface area (Å²) in [5.41, 5.74) is 13.7. The average molecular weight is 496 g/mol. The Hall–Kier alpha value is -4.24. The number of aryl methyl sites for hydroxylation is 1. The van der Waals surface area contributed by atoms with Gasteiger partial charge in [0.25, 0.3) is 0 Å². The number of rotatable bonds is 8. The SMILES string of the molecule is C/C=C\NC(C)=O.Cc1ccc(CCOCc2ccccc2)cc1.NC(=O)Cc1cnc[nH]1.NC=O. The van der Waals surface area contributed by atoms with Crippen LogP contribution in [-0.2, 0) is 38.6 Å². The van der Waals surface area contributed by atoms with E-state index in [9.17, 15) is 9.59 Å². The monoisotopic (exact) mass is 495 g/mol. The molecular weight excluding hydrogens is 458 g/mol. The maximum Gasteiger partial charge on any atom is 0.223 e. The molecule has 6 N–H and O–H groups in total. The van der Waals surface area contributed by atoms with Gasteiger partial charge < -0.3 is 26.5 Å². The smallest absolute Gasteiger partial charge is 0.223 e. The highest BCUT2D eigenvalue weighted by Crippen LogP contribution is 2.05. The average Bonchev–Trinajstić information content (AvgIpc) is 3.36. The fourth-order valence-electron chi connectivity index (χ4n) is 2.48. The molecule has 3 aromatic rings. The lowest BCUT2D eigenvalue weighted by atomic mass is 10.1. The van der Waals surface area contributed by atoms with E-state index >= 15 is 0 Å². The molecule has 1 aromatic heterocycles. The van der Waals surface area contributed by atoms with Gasteiger partial charge in [-0.05, 0) is 37.6 Å². The number of carbonyl (C=O) groups excluding carboxylic acids is 3. The Labute approximate surface area is 213 Å². The van der Waals surface area contributed by atoms with E-state index in [0.29, 0.717) is 6.61 Å². The van der Waals surface area contributed by atoms with Gasteiger partial charge in [0.2, 0.25) is 18.2 Å². The van der Waals surface area contributed by atoms with Gasteiger partial charge in [-0.25, -0.2) is 4.98 Å². The summed E-state index contributed by atoms with van der Waals surface area (Å²) < 4.78 is 5.65. The second-order valence-electron chi connectivity index (χ2n) is 7.33. The molecule has 0 aliphatic carbocycles. The van der Waals surface area contributed by atoms with Crippen LogP contribution in [0.15, 0.2) is 79.4 Å². The molecule has 3 amide bonds. The number of hydrogen-bond acceptors (Lipinski definition) is 5. The third-order valence-electron chi connectivity index (χ3n) is 4.14. The summed E-state index contributed by atoms with van der Waals surface area (Å²) >= 11 is 0. The molecule has 0 saturated heterocycles. The molecule has 194 valence electrons. The molecule has 0 radical (unpaired) electrons. The molecule has 1 heterocycles. The van der Waals surface area contributed by atoms with Crippen molar-refractivity contribution < 1.29 is 19.1 Å². The van der Waals surface area contributed by atoms with Crippen molar-refractivity contribution in [2.24, 2.45) is 11.5 Å². The second kappa shape index (κ2) is 21.3. The van der Waals surface area contributed by atoms with Gasteiger partial charge in [-0.3, -0.25) is 14.4 Å². The standard InChI is InChI=1S/C16H18O.C5H7N3O.C5H9NO.CH3NO/c1-14-7-9-15(10-8-14)11-12-17-13-16-5-3-2-4-6-16;6-5(9)1-4-2-7-3-8-4;1-3-4-6-5(2)7;2-1-3/h2-10H,11-13H2,1H3;2-3H,1H2,(H2,6,9)(H,7,8);3-4H,1-2H3,(H,6,7);1H,(H2,2,3)/b;;4-3-;. The maximum absolute atomic E-state index is 10.2. The lowest BCUT2D eigenvalue weighted by Gasteiger charge is -2.05. The van der Waals surface area contributed by atoms with Crippen LogP contribution < -0.4 is 16.8 Å². The van der Waals surface area contributed by atoms with Crippen LogP contribution in [0.1, 0.15) is 36.2 Å². The lowest BCUT2D eigenvalue weighted by molar-refractivity contribution is -0.118. The van der Waals surface area contributed by atoms with E-state index in [1.165, 1.54) is 29.9 Å². The number of primary amides is 2. The minimum absolute atomic E-state index is 0.0295. The van der Waals surface area contributed by atoms with Crippen LogP contribution in [-0.4, -0.2) is 34.8 Å². The number of nitrogens with zero attached hydrogens (tertiary/aromatic N) is 1. The number of H-pyrrole nitrogens is 1. The van der Waals surface area contributed by atoms with Crippen molar-refractivity contribution in [1.29, 1.82) is 0 Å². The Bertz CT molecular complexity index is 989. The highest BCUT2D eigenvalue weighted by atomic mass is 16.5. The molecule has 0 aliphatic rings. The minimum Gasteiger partial charge on any atom is -0.376 e. The Balaban J connectivity index is 0.000000542. The lowest BCUT2D eigenvalue weighted by Crippen LogP contribution is -2.13. The predicted molar refractivity (Wildman–Crippen MR) is 141 cm³/mol. The van der Waals surface area contributed by atoms with E-state index in [1.54, 1.807) is 18.5 Å². The predicted octanol–water partition coefficient (Wildman–Crippen LogP) is 2.95. The highest BCUT2D eigenvalue weighted by Gasteiger charge is 1.96. The van der Waals surface area contributed by atoms with Crippen LogP contribution in [0.25, 0.3) is 0 Å². The Morgan fingerprint density at radius 3 is 2.19 bits per heavy atom. The van der Waals surface area contributed by atoms with E-state index in [2.05, 4.69) is 64.3 Å².